The maximum absolute atomic E-state index is 6.14. The van der Waals surface area contributed by atoms with Crippen LogP contribution in [0.25, 0.3) is 0 Å². The summed E-state index contributed by atoms with van der Waals surface area (Å²) in [6.45, 7) is 3.84. The minimum atomic E-state index is 0.0836. The third kappa shape index (κ3) is 5.24. The summed E-state index contributed by atoms with van der Waals surface area (Å²) in [5.41, 5.74) is 5.88. The first-order valence-corrected chi connectivity index (χ1v) is 10.6. The minimum Gasteiger partial charge on any atom is -0.497 e. The normalized spacial score (nSPS) is 16.1. The highest BCUT2D eigenvalue weighted by Gasteiger charge is 2.27. The van der Waals surface area contributed by atoms with E-state index in [0.717, 1.165) is 22.8 Å². The first-order chi connectivity index (χ1) is 14.7. The molecule has 0 N–H and O–H groups in total. The first-order valence-electron chi connectivity index (χ1n) is 10.2. The van der Waals surface area contributed by atoms with Gasteiger partial charge in [-0.15, -0.1) is 0 Å². The van der Waals surface area contributed by atoms with Crippen LogP contribution in [0.15, 0.2) is 90.8 Å². The molecule has 0 saturated carbocycles. The van der Waals surface area contributed by atoms with Crippen molar-refractivity contribution in [3.63, 3.8) is 0 Å². The van der Waals surface area contributed by atoms with Crippen molar-refractivity contribution < 1.29 is 9.47 Å². The third-order valence-electron chi connectivity index (χ3n) is 5.21. The number of hydrogen-bond donors (Lipinski definition) is 0. The zero-order chi connectivity index (χ0) is 20.8. The fourth-order valence-electron chi connectivity index (χ4n) is 3.65. The van der Waals surface area contributed by atoms with E-state index >= 15 is 0 Å². The van der Waals surface area contributed by atoms with Gasteiger partial charge in [-0.1, -0.05) is 71.8 Å². The number of ether oxygens (including phenoxy) is 2. The number of allylic oxidation sites excluding steroid dienone is 1. The van der Waals surface area contributed by atoms with Gasteiger partial charge in [0.1, 0.15) is 12.9 Å². The second kappa shape index (κ2) is 9.84. The Balaban J connectivity index is 1.53. The lowest BCUT2D eigenvalue weighted by atomic mass is 10.0. The summed E-state index contributed by atoms with van der Waals surface area (Å²) >= 11 is 6.14. The predicted octanol–water partition coefficient (Wildman–Crippen LogP) is 6.15. The van der Waals surface area contributed by atoms with E-state index in [-0.39, 0.29) is 6.04 Å². The Morgan fingerprint density at radius 2 is 1.67 bits per heavy atom. The van der Waals surface area contributed by atoms with Gasteiger partial charge in [-0.05, 0) is 42.3 Å². The third-order valence-corrected chi connectivity index (χ3v) is 5.47. The topological polar surface area (TPSA) is 21.7 Å². The number of aryl methyl sites for hydroxylation is 1. The number of halogens is 1. The molecule has 0 aliphatic carbocycles. The van der Waals surface area contributed by atoms with Gasteiger partial charge in [0, 0.05) is 17.1 Å². The fraction of sp³-hybridized carbons (Fsp3) is 0.231. The van der Waals surface area contributed by atoms with Crippen LogP contribution in [0.2, 0.25) is 5.02 Å². The lowest BCUT2D eigenvalue weighted by Crippen LogP contribution is -2.44. The molecule has 0 unspecified atom stereocenters. The van der Waals surface area contributed by atoms with E-state index in [0.29, 0.717) is 19.8 Å². The molecule has 1 aliphatic rings. The Bertz CT molecular complexity index is 968. The van der Waals surface area contributed by atoms with Crippen molar-refractivity contribution in [1.29, 1.82) is 0 Å². The molecule has 3 aromatic rings. The monoisotopic (exact) mass is 419 g/mol. The van der Waals surface area contributed by atoms with Crippen molar-refractivity contribution >= 4 is 17.3 Å². The van der Waals surface area contributed by atoms with Crippen molar-refractivity contribution in [2.45, 2.75) is 26.0 Å². The Labute approximate surface area is 183 Å². The van der Waals surface area contributed by atoms with Crippen molar-refractivity contribution in [2.75, 3.05) is 18.1 Å². The summed E-state index contributed by atoms with van der Waals surface area (Å²) in [6.07, 6.45) is 2.67. The largest absolute Gasteiger partial charge is 0.497 e. The second-order valence-corrected chi connectivity index (χ2v) is 8.04. The summed E-state index contributed by atoms with van der Waals surface area (Å²) in [5.74, 6) is 0. The van der Waals surface area contributed by atoms with Crippen molar-refractivity contribution in [2.24, 2.45) is 0 Å². The average Bonchev–Trinajstić information content (AvgIpc) is 2.77. The maximum atomic E-state index is 6.14. The van der Waals surface area contributed by atoms with Gasteiger partial charge < -0.3 is 14.4 Å². The molecule has 3 aromatic carbocycles. The summed E-state index contributed by atoms with van der Waals surface area (Å²) in [4.78, 5) is 2.32. The quantitative estimate of drug-likeness (QED) is 0.458. The van der Waals surface area contributed by atoms with Crippen LogP contribution in [-0.4, -0.2) is 19.3 Å². The Morgan fingerprint density at radius 1 is 0.933 bits per heavy atom. The summed E-state index contributed by atoms with van der Waals surface area (Å²) in [5, 5.41) is 0.730. The molecule has 1 heterocycles. The molecule has 1 aliphatic heterocycles. The highest BCUT2D eigenvalue weighted by molar-refractivity contribution is 6.30. The van der Waals surface area contributed by atoms with Gasteiger partial charge >= 0.3 is 0 Å². The van der Waals surface area contributed by atoms with Crippen LogP contribution in [0.3, 0.4) is 0 Å². The Morgan fingerprint density at radius 3 is 2.40 bits per heavy atom. The van der Waals surface area contributed by atoms with E-state index in [1.54, 1.807) is 0 Å². The summed E-state index contributed by atoms with van der Waals surface area (Å²) in [6, 6.07) is 26.9. The van der Waals surface area contributed by atoms with Gasteiger partial charge in [0.25, 0.3) is 0 Å². The van der Waals surface area contributed by atoms with Crippen molar-refractivity contribution in [1.82, 2.24) is 0 Å². The molecule has 0 fully saturated rings. The summed E-state index contributed by atoms with van der Waals surface area (Å²) in [7, 11) is 0. The molecular formula is C26H26ClNO2. The Hall–Kier alpha value is -2.75. The molecule has 154 valence electrons. The highest BCUT2D eigenvalue weighted by atomic mass is 35.5. The van der Waals surface area contributed by atoms with Crippen molar-refractivity contribution in [3.05, 3.63) is 113 Å². The highest BCUT2D eigenvalue weighted by Crippen LogP contribution is 2.29. The van der Waals surface area contributed by atoms with Gasteiger partial charge in [0.2, 0.25) is 0 Å². The molecular weight excluding hydrogens is 394 g/mol. The molecule has 0 amide bonds. The van der Waals surface area contributed by atoms with Crippen LogP contribution in [0.4, 0.5) is 5.69 Å². The smallest absolute Gasteiger partial charge is 0.110 e. The zero-order valence-corrected chi connectivity index (χ0v) is 17.9. The average molecular weight is 420 g/mol. The molecule has 4 heteroatoms. The van der Waals surface area contributed by atoms with Crippen LogP contribution in [0.1, 0.15) is 16.7 Å². The van der Waals surface area contributed by atoms with Crippen LogP contribution in [-0.2, 0) is 22.5 Å². The van der Waals surface area contributed by atoms with E-state index < -0.39 is 0 Å². The van der Waals surface area contributed by atoms with E-state index in [1.807, 2.05) is 36.6 Å². The van der Waals surface area contributed by atoms with Gasteiger partial charge in [-0.25, -0.2) is 0 Å². The van der Waals surface area contributed by atoms with Gasteiger partial charge in [-0.2, -0.15) is 0 Å². The van der Waals surface area contributed by atoms with Gasteiger partial charge in [0.05, 0.1) is 25.0 Å². The van der Waals surface area contributed by atoms with Crippen LogP contribution in [0, 0.1) is 6.92 Å². The Kier molecular flexibility index (Phi) is 6.73. The van der Waals surface area contributed by atoms with E-state index in [9.17, 15) is 0 Å². The molecule has 0 radical (unpaired) electrons. The fourth-order valence-corrected chi connectivity index (χ4v) is 3.78. The van der Waals surface area contributed by atoms with Crippen LogP contribution < -0.4 is 4.90 Å². The molecule has 0 bridgehead atoms. The van der Waals surface area contributed by atoms with E-state index in [2.05, 4.69) is 60.4 Å². The predicted molar refractivity (Wildman–Crippen MR) is 123 cm³/mol. The number of rotatable bonds is 7. The molecule has 0 spiro atoms. The lowest BCUT2D eigenvalue weighted by Gasteiger charge is -2.38. The second-order valence-electron chi connectivity index (χ2n) is 7.61. The van der Waals surface area contributed by atoms with Crippen LogP contribution >= 0.6 is 11.6 Å². The molecule has 4 rings (SSSR count). The molecule has 3 nitrogen and oxygen atoms in total. The molecule has 0 saturated heterocycles. The number of hydrogen-bond acceptors (Lipinski definition) is 3. The van der Waals surface area contributed by atoms with E-state index in [1.165, 1.54) is 16.7 Å². The van der Waals surface area contributed by atoms with Crippen LogP contribution in [0.5, 0.6) is 0 Å². The number of benzene rings is 3. The van der Waals surface area contributed by atoms with Gasteiger partial charge in [0.15, 0.2) is 0 Å². The van der Waals surface area contributed by atoms with Gasteiger partial charge in [-0.3, -0.25) is 0 Å². The zero-order valence-electron chi connectivity index (χ0n) is 17.1. The number of nitrogens with zero attached hydrogens (tertiary/aromatic N) is 1. The molecule has 30 heavy (non-hydrogen) atoms. The summed E-state index contributed by atoms with van der Waals surface area (Å²) < 4.78 is 11.9. The molecule has 1 atom stereocenters. The first kappa shape index (κ1) is 20.5. The van der Waals surface area contributed by atoms with Crippen molar-refractivity contribution in [3.8, 4) is 0 Å². The SMILES string of the molecule is Cc1ccc(CC2=COC[C@H](COCc3ccccc3)N2c2ccc(Cl)cc2)cc1. The number of anilines is 1. The van der Waals surface area contributed by atoms with E-state index in [4.69, 9.17) is 21.1 Å². The minimum absolute atomic E-state index is 0.0836. The standard InChI is InChI=1S/C26H26ClNO2/c1-20-7-9-21(10-8-20)15-25-17-30-19-26(18-29-16-22-5-3-2-4-6-22)28(25)24-13-11-23(27)12-14-24/h2-14,17,26H,15-16,18-19H2,1H3/t26-/m0/s1. The lowest BCUT2D eigenvalue weighted by molar-refractivity contribution is 0.0782. The molecule has 0 aromatic heterocycles. The maximum Gasteiger partial charge on any atom is 0.110 e.